The zero-order valence-corrected chi connectivity index (χ0v) is 11.3. The van der Waals surface area contributed by atoms with Gasteiger partial charge in [0, 0.05) is 6.61 Å². The van der Waals surface area contributed by atoms with E-state index in [4.69, 9.17) is 10.5 Å². The van der Waals surface area contributed by atoms with Gasteiger partial charge in [0.2, 0.25) is 11.9 Å². The zero-order valence-electron chi connectivity index (χ0n) is 11.3. The van der Waals surface area contributed by atoms with E-state index in [-0.39, 0.29) is 18.5 Å². The van der Waals surface area contributed by atoms with Gasteiger partial charge in [-0.3, -0.25) is 10.1 Å². The van der Waals surface area contributed by atoms with Crippen LogP contribution in [0.3, 0.4) is 0 Å². The van der Waals surface area contributed by atoms with Gasteiger partial charge in [0.05, 0.1) is 18.0 Å². The summed E-state index contributed by atoms with van der Waals surface area (Å²) < 4.78 is 5.16. The SMILES string of the molecule is CCc1nnc(NC(=O)C2(N)CCOC2)nc1CC. The Morgan fingerprint density at radius 2 is 2.11 bits per heavy atom. The minimum absolute atomic E-state index is 0.204. The number of carbonyl (C=O) groups is 1. The zero-order chi connectivity index (χ0) is 13.9. The fraction of sp³-hybridized carbons (Fsp3) is 0.667. The summed E-state index contributed by atoms with van der Waals surface area (Å²) in [6.07, 6.45) is 2.02. The van der Waals surface area contributed by atoms with E-state index >= 15 is 0 Å². The van der Waals surface area contributed by atoms with E-state index in [2.05, 4.69) is 20.5 Å². The molecule has 2 rings (SSSR count). The van der Waals surface area contributed by atoms with E-state index < -0.39 is 5.54 Å². The number of anilines is 1. The number of aryl methyl sites for hydroxylation is 2. The molecule has 19 heavy (non-hydrogen) atoms. The van der Waals surface area contributed by atoms with E-state index in [1.807, 2.05) is 13.8 Å². The largest absolute Gasteiger partial charge is 0.379 e. The Kier molecular flexibility index (Phi) is 4.06. The maximum atomic E-state index is 12.1. The number of carbonyl (C=O) groups excluding carboxylic acids is 1. The van der Waals surface area contributed by atoms with Gasteiger partial charge in [0.15, 0.2) is 0 Å². The van der Waals surface area contributed by atoms with Gasteiger partial charge in [-0.2, -0.15) is 0 Å². The molecular weight excluding hydrogens is 246 g/mol. The van der Waals surface area contributed by atoms with Crippen LogP contribution in [0.5, 0.6) is 0 Å². The van der Waals surface area contributed by atoms with Gasteiger partial charge >= 0.3 is 0 Å². The highest BCUT2D eigenvalue weighted by atomic mass is 16.5. The van der Waals surface area contributed by atoms with Crippen LogP contribution >= 0.6 is 0 Å². The summed E-state index contributed by atoms with van der Waals surface area (Å²) >= 11 is 0. The molecule has 3 N–H and O–H groups in total. The van der Waals surface area contributed by atoms with Crippen LogP contribution < -0.4 is 11.1 Å². The maximum absolute atomic E-state index is 12.1. The third-order valence-electron chi connectivity index (χ3n) is 3.24. The predicted octanol–water partition coefficient (Wildman–Crippen LogP) is 0.0527. The summed E-state index contributed by atoms with van der Waals surface area (Å²) in [5, 5.41) is 10.6. The first-order valence-electron chi connectivity index (χ1n) is 6.49. The Bertz CT molecular complexity index is 471. The Morgan fingerprint density at radius 3 is 2.68 bits per heavy atom. The van der Waals surface area contributed by atoms with Crippen molar-refractivity contribution in [2.45, 2.75) is 38.6 Å². The Labute approximate surface area is 112 Å². The summed E-state index contributed by atoms with van der Waals surface area (Å²) in [6, 6.07) is 0. The van der Waals surface area contributed by atoms with Crippen LogP contribution in [0.25, 0.3) is 0 Å². The third kappa shape index (κ3) is 2.87. The van der Waals surface area contributed by atoms with Crippen molar-refractivity contribution in [3.63, 3.8) is 0 Å². The summed E-state index contributed by atoms with van der Waals surface area (Å²) in [5.41, 5.74) is 6.68. The standard InChI is InChI=1S/C12H19N5O2/c1-3-8-9(4-2)16-17-11(14-8)15-10(18)12(13)5-6-19-7-12/h3-7,13H2,1-2H3,(H,14,15,17,18). The van der Waals surface area contributed by atoms with Crippen molar-refractivity contribution in [2.24, 2.45) is 5.73 Å². The molecule has 1 unspecified atom stereocenters. The van der Waals surface area contributed by atoms with Gasteiger partial charge in [-0.1, -0.05) is 13.8 Å². The molecule has 0 spiro atoms. The number of rotatable bonds is 4. The van der Waals surface area contributed by atoms with Crippen molar-refractivity contribution in [3.8, 4) is 0 Å². The molecule has 1 aromatic heterocycles. The van der Waals surface area contributed by atoms with Gasteiger partial charge in [-0.05, 0) is 19.3 Å². The second kappa shape index (κ2) is 5.58. The molecule has 7 nitrogen and oxygen atoms in total. The van der Waals surface area contributed by atoms with Crippen LogP contribution in [0.15, 0.2) is 0 Å². The second-order valence-corrected chi connectivity index (χ2v) is 4.65. The molecular formula is C12H19N5O2. The molecule has 0 aliphatic carbocycles. The number of hydrogen-bond acceptors (Lipinski definition) is 6. The lowest BCUT2D eigenvalue weighted by Crippen LogP contribution is -2.52. The van der Waals surface area contributed by atoms with Gasteiger partial charge in [0.25, 0.3) is 0 Å². The van der Waals surface area contributed by atoms with Crippen LogP contribution in [0.2, 0.25) is 0 Å². The van der Waals surface area contributed by atoms with Crippen LogP contribution in [-0.2, 0) is 22.4 Å². The number of ether oxygens (including phenoxy) is 1. The molecule has 1 aliphatic rings. The maximum Gasteiger partial charge on any atom is 0.249 e. The number of nitrogens with two attached hydrogens (primary N) is 1. The second-order valence-electron chi connectivity index (χ2n) is 4.65. The van der Waals surface area contributed by atoms with Crippen LogP contribution in [0.1, 0.15) is 31.7 Å². The minimum Gasteiger partial charge on any atom is -0.379 e. The summed E-state index contributed by atoms with van der Waals surface area (Å²) in [7, 11) is 0. The van der Waals surface area contributed by atoms with Gasteiger partial charge in [0.1, 0.15) is 5.54 Å². The highest BCUT2D eigenvalue weighted by molar-refractivity contribution is 5.97. The molecule has 1 fully saturated rings. The molecule has 104 valence electrons. The van der Waals surface area contributed by atoms with E-state index in [9.17, 15) is 4.79 Å². The molecule has 1 saturated heterocycles. The molecule has 7 heteroatoms. The molecule has 0 saturated carbocycles. The predicted molar refractivity (Wildman–Crippen MR) is 69.6 cm³/mol. The highest BCUT2D eigenvalue weighted by Crippen LogP contribution is 2.17. The van der Waals surface area contributed by atoms with Crippen molar-refractivity contribution >= 4 is 11.9 Å². The molecule has 2 heterocycles. The molecule has 0 bridgehead atoms. The number of nitrogens with zero attached hydrogens (tertiary/aromatic N) is 3. The average molecular weight is 265 g/mol. The summed E-state index contributed by atoms with van der Waals surface area (Å²) in [6.45, 7) is 4.70. The monoisotopic (exact) mass is 265 g/mol. The van der Waals surface area contributed by atoms with Crippen molar-refractivity contribution in [3.05, 3.63) is 11.4 Å². The number of nitrogens with one attached hydrogen (secondary N) is 1. The van der Waals surface area contributed by atoms with Crippen LogP contribution in [0, 0.1) is 0 Å². The first-order chi connectivity index (χ1) is 9.09. The fourth-order valence-electron chi connectivity index (χ4n) is 1.98. The van der Waals surface area contributed by atoms with Crippen molar-refractivity contribution in [1.82, 2.24) is 15.2 Å². The number of hydrogen-bond donors (Lipinski definition) is 2. The molecule has 0 radical (unpaired) electrons. The van der Waals surface area contributed by atoms with E-state index in [1.165, 1.54) is 0 Å². The van der Waals surface area contributed by atoms with E-state index in [1.54, 1.807) is 0 Å². The number of aromatic nitrogens is 3. The van der Waals surface area contributed by atoms with Crippen molar-refractivity contribution < 1.29 is 9.53 Å². The molecule has 1 aromatic rings. The highest BCUT2D eigenvalue weighted by Gasteiger charge is 2.38. The fourth-order valence-corrected chi connectivity index (χ4v) is 1.98. The topological polar surface area (TPSA) is 103 Å². The smallest absolute Gasteiger partial charge is 0.249 e. The van der Waals surface area contributed by atoms with Gasteiger partial charge in [-0.15, -0.1) is 10.2 Å². The van der Waals surface area contributed by atoms with Gasteiger partial charge in [-0.25, -0.2) is 4.98 Å². The van der Waals surface area contributed by atoms with Crippen LogP contribution in [-0.4, -0.2) is 39.8 Å². The Morgan fingerprint density at radius 1 is 1.37 bits per heavy atom. The first-order valence-corrected chi connectivity index (χ1v) is 6.49. The van der Waals surface area contributed by atoms with Crippen LogP contribution in [0.4, 0.5) is 5.95 Å². The van der Waals surface area contributed by atoms with E-state index in [0.717, 1.165) is 24.2 Å². The van der Waals surface area contributed by atoms with E-state index in [0.29, 0.717) is 13.0 Å². The van der Waals surface area contributed by atoms with Crippen molar-refractivity contribution in [1.29, 1.82) is 0 Å². The quantitative estimate of drug-likeness (QED) is 0.797. The normalized spacial score (nSPS) is 22.5. The third-order valence-corrected chi connectivity index (χ3v) is 3.24. The molecule has 1 atom stereocenters. The summed E-state index contributed by atoms with van der Waals surface area (Å²) in [5.74, 6) is -0.117. The summed E-state index contributed by atoms with van der Waals surface area (Å²) in [4.78, 5) is 16.4. The minimum atomic E-state index is -0.987. The number of amides is 1. The lowest BCUT2D eigenvalue weighted by molar-refractivity contribution is -0.121. The Balaban J connectivity index is 2.13. The molecule has 1 aliphatic heterocycles. The Hall–Kier alpha value is -1.60. The first kappa shape index (κ1) is 13.8. The molecule has 0 aromatic carbocycles. The van der Waals surface area contributed by atoms with Crippen molar-refractivity contribution in [2.75, 3.05) is 18.5 Å². The molecule has 1 amide bonds. The average Bonchev–Trinajstić information content (AvgIpc) is 2.87. The lowest BCUT2D eigenvalue weighted by Gasteiger charge is -2.19. The van der Waals surface area contributed by atoms with Gasteiger partial charge < -0.3 is 10.5 Å². The lowest BCUT2D eigenvalue weighted by atomic mass is 9.99.